The summed E-state index contributed by atoms with van der Waals surface area (Å²) in [4.78, 5) is 9.58. The van der Waals surface area contributed by atoms with Gasteiger partial charge in [0.1, 0.15) is 6.54 Å². The highest BCUT2D eigenvalue weighted by molar-refractivity contribution is 5.68. The van der Waals surface area contributed by atoms with Crippen molar-refractivity contribution in [3.63, 3.8) is 0 Å². The Labute approximate surface area is 44.8 Å². The van der Waals surface area contributed by atoms with E-state index in [0.29, 0.717) is 0 Å². The average molecular weight is 122 g/mol. The standard InChI is InChI=1S/C2H6N2O4/c5-2(6)1-3-4(7)8/h3-4,7H,1H2,(H,5,6). The van der Waals surface area contributed by atoms with Crippen LogP contribution in [0.15, 0.2) is 0 Å². The zero-order valence-electron chi connectivity index (χ0n) is 3.92. The van der Waals surface area contributed by atoms with Crippen LogP contribution in [0.4, 0.5) is 0 Å². The number of nitrogens with one attached hydrogen (secondary N) is 2. The molecule has 0 fully saturated rings. The van der Waals surface area contributed by atoms with E-state index >= 15 is 0 Å². The van der Waals surface area contributed by atoms with Crippen molar-refractivity contribution < 1.29 is 20.4 Å². The smallest absolute Gasteiger partial charge is 0.323 e. The van der Waals surface area contributed by atoms with E-state index in [9.17, 15) is 10.0 Å². The Morgan fingerprint density at radius 2 is 2.38 bits per heavy atom. The fraction of sp³-hybridized carbons (Fsp3) is 0.500. The summed E-state index contributed by atoms with van der Waals surface area (Å²) in [5.74, 6) is -1.19. The molecule has 48 valence electrons. The Morgan fingerprint density at radius 3 is 2.50 bits per heavy atom. The number of carbonyl (C=O) groups is 1. The molecule has 0 aromatic carbocycles. The number of carboxylic acids is 1. The first-order chi connectivity index (χ1) is 3.63. The zero-order valence-corrected chi connectivity index (χ0v) is 3.92. The third-order valence-electron chi connectivity index (χ3n) is 0.391. The number of hydrogen-bond acceptors (Lipinski definition) is 4. The molecule has 0 spiro atoms. The van der Waals surface area contributed by atoms with Crippen molar-refractivity contribution in [2.45, 2.75) is 0 Å². The van der Waals surface area contributed by atoms with Gasteiger partial charge >= 0.3 is 5.97 Å². The Kier molecular flexibility index (Phi) is 3.04. The minimum absolute atomic E-state index is 0.546. The van der Waals surface area contributed by atoms with Gasteiger partial charge in [0.15, 0.2) is 0 Å². The molecular weight excluding hydrogens is 116 g/mol. The molecule has 0 bridgehead atoms. The van der Waals surface area contributed by atoms with E-state index in [1.165, 1.54) is 0 Å². The van der Waals surface area contributed by atoms with Gasteiger partial charge in [0.25, 0.3) is 0 Å². The Hall–Kier alpha value is -0.690. The van der Waals surface area contributed by atoms with Gasteiger partial charge in [0.05, 0.1) is 0 Å². The van der Waals surface area contributed by atoms with Crippen LogP contribution in [0.1, 0.15) is 0 Å². The molecule has 6 nitrogen and oxygen atoms in total. The second kappa shape index (κ2) is 3.33. The maximum absolute atomic E-state index is 9.58. The molecule has 0 aliphatic heterocycles. The van der Waals surface area contributed by atoms with Gasteiger partial charge < -0.3 is 10.3 Å². The van der Waals surface area contributed by atoms with Gasteiger partial charge in [-0.3, -0.25) is 4.79 Å². The molecule has 0 aliphatic carbocycles. The molecule has 0 radical (unpaired) electrons. The zero-order chi connectivity index (χ0) is 6.57. The summed E-state index contributed by atoms with van der Waals surface area (Å²) < 4.78 is 0. The van der Waals surface area contributed by atoms with E-state index in [0.717, 1.165) is 0 Å². The molecule has 6 heteroatoms. The summed E-state index contributed by atoms with van der Waals surface area (Å²) in [6, 6.07) is 0. The lowest BCUT2D eigenvalue weighted by molar-refractivity contribution is -1.08. The van der Waals surface area contributed by atoms with Gasteiger partial charge in [0.2, 0.25) is 0 Å². The Bertz CT molecular complexity index is 82.1. The van der Waals surface area contributed by atoms with E-state index in [1.54, 1.807) is 5.43 Å². The summed E-state index contributed by atoms with van der Waals surface area (Å²) in [5, 5.41) is 23.8. The van der Waals surface area contributed by atoms with Gasteiger partial charge in [-0.15, -0.1) is 10.8 Å². The molecule has 0 saturated heterocycles. The van der Waals surface area contributed by atoms with Crippen molar-refractivity contribution in [1.29, 1.82) is 0 Å². The van der Waals surface area contributed by atoms with Crippen molar-refractivity contribution in [2.75, 3.05) is 6.54 Å². The minimum Gasteiger partial charge on any atom is -0.580 e. The Morgan fingerprint density at radius 1 is 1.88 bits per heavy atom. The fourth-order valence-electron chi connectivity index (χ4n) is 0.151. The van der Waals surface area contributed by atoms with E-state index in [2.05, 4.69) is 0 Å². The first kappa shape index (κ1) is 7.31. The summed E-state index contributed by atoms with van der Waals surface area (Å²) in [6.07, 6.45) is 0. The molecule has 0 rings (SSSR count). The average Bonchev–Trinajstić information content (AvgIpc) is 1.61. The van der Waals surface area contributed by atoms with Crippen LogP contribution in [0, 0.1) is 5.21 Å². The lowest BCUT2D eigenvalue weighted by Gasteiger charge is -2.09. The van der Waals surface area contributed by atoms with Crippen LogP contribution in [0.2, 0.25) is 0 Å². The van der Waals surface area contributed by atoms with Crippen LogP contribution in [0.3, 0.4) is 0 Å². The summed E-state index contributed by atoms with van der Waals surface area (Å²) in [5.41, 5.74) is 1.66. The molecule has 0 aromatic rings. The maximum Gasteiger partial charge on any atom is 0.323 e. The summed E-state index contributed by atoms with van der Waals surface area (Å²) in [6.45, 7) is -0.546. The SMILES string of the molecule is O=C(O)CN[NH+]([O-])O. The van der Waals surface area contributed by atoms with Crippen molar-refractivity contribution in [3.8, 4) is 0 Å². The largest absolute Gasteiger partial charge is 0.580 e. The van der Waals surface area contributed by atoms with Crippen LogP contribution < -0.4 is 10.8 Å². The van der Waals surface area contributed by atoms with Crippen LogP contribution in [-0.4, -0.2) is 22.8 Å². The molecule has 8 heavy (non-hydrogen) atoms. The molecule has 0 saturated carbocycles. The second-order valence-corrected chi connectivity index (χ2v) is 1.05. The third-order valence-corrected chi connectivity index (χ3v) is 0.391. The normalized spacial score (nSPS) is 13.2. The van der Waals surface area contributed by atoms with Gasteiger partial charge in [-0.25, -0.2) is 0 Å². The van der Waals surface area contributed by atoms with E-state index in [-0.39, 0.29) is 0 Å². The Balaban J connectivity index is 3.05. The fourth-order valence-corrected chi connectivity index (χ4v) is 0.151. The molecular formula is C2H6N2O4. The predicted octanol–water partition coefficient (Wildman–Crippen LogP) is -2.65. The van der Waals surface area contributed by atoms with Gasteiger partial charge in [0, 0.05) is 0 Å². The summed E-state index contributed by atoms with van der Waals surface area (Å²) >= 11 is 0. The van der Waals surface area contributed by atoms with Crippen LogP contribution in [-0.2, 0) is 4.79 Å². The maximum atomic E-state index is 9.58. The number of quaternary nitrogens is 1. The first-order valence-electron chi connectivity index (χ1n) is 1.81. The number of carboxylic acid groups (broad SMARTS) is 1. The lowest BCUT2D eigenvalue weighted by atomic mass is 10.7. The highest BCUT2D eigenvalue weighted by Crippen LogP contribution is 1.49. The van der Waals surface area contributed by atoms with E-state index in [4.69, 9.17) is 10.3 Å². The van der Waals surface area contributed by atoms with Gasteiger partial charge in [-0.2, -0.15) is 5.21 Å². The predicted molar refractivity (Wildman–Crippen MR) is 21.8 cm³/mol. The van der Waals surface area contributed by atoms with Crippen molar-refractivity contribution >= 4 is 5.97 Å². The second-order valence-electron chi connectivity index (χ2n) is 1.05. The number of hydrogen-bond donors (Lipinski definition) is 4. The van der Waals surface area contributed by atoms with Gasteiger partial charge in [-0.05, 0) is 0 Å². The molecule has 4 N–H and O–H groups in total. The quantitative estimate of drug-likeness (QED) is 0.306. The lowest BCUT2D eigenvalue weighted by Crippen LogP contribution is -3.12. The molecule has 1 unspecified atom stereocenters. The van der Waals surface area contributed by atoms with E-state index in [1.807, 2.05) is 0 Å². The van der Waals surface area contributed by atoms with Crippen molar-refractivity contribution in [2.24, 2.45) is 0 Å². The number of rotatable bonds is 3. The van der Waals surface area contributed by atoms with Crippen molar-refractivity contribution in [3.05, 3.63) is 5.21 Å². The third kappa shape index (κ3) is 5.31. The van der Waals surface area contributed by atoms with Gasteiger partial charge in [-0.1, -0.05) is 0 Å². The topological polar surface area (TPSA) is 97.1 Å². The molecule has 0 aromatic heterocycles. The highest BCUT2D eigenvalue weighted by Gasteiger charge is 1.95. The summed E-state index contributed by atoms with van der Waals surface area (Å²) in [7, 11) is 0. The van der Waals surface area contributed by atoms with Crippen LogP contribution in [0.25, 0.3) is 0 Å². The highest BCUT2D eigenvalue weighted by atomic mass is 16.8. The van der Waals surface area contributed by atoms with Crippen LogP contribution in [0.5, 0.6) is 0 Å². The molecule has 0 amide bonds. The molecule has 1 atom stereocenters. The minimum atomic E-state index is -1.33. The monoisotopic (exact) mass is 122 g/mol. The molecule has 0 heterocycles. The van der Waals surface area contributed by atoms with E-state index < -0.39 is 17.8 Å². The van der Waals surface area contributed by atoms with Crippen LogP contribution >= 0.6 is 0 Å². The molecule has 0 aliphatic rings. The number of aliphatic carboxylic acids is 1. The van der Waals surface area contributed by atoms with Crippen molar-refractivity contribution in [1.82, 2.24) is 5.43 Å². The first-order valence-corrected chi connectivity index (χ1v) is 1.81.